The summed E-state index contributed by atoms with van der Waals surface area (Å²) in [5.41, 5.74) is -0.901. The van der Waals surface area contributed by atoms with Crippen molar-refractivity contribution in [3.05, 3.63) is 33.9 Å². The van der Waals surface area contributed by atoms with Gasteiger partial charge in [-0.25, -0.2) is 9.37 Å². The molecule has 130 valence electrons. The SMILES string of the molecule is CC(F)CCc1nnc(C(=O)N(C)c2cc(C(F)(F)F)ccn2)s1. The van der Waals surface area contributed by atoms with E-state index >= 15 is 0 Å². The van der Waals surface area contributed by atoms with Gasteiger partial charge in [0.25, 0.3) is 5.91 Å². The molecule has 0 spiro atoms. The Morgan fingerprint density at radius 3 is 2.71 bits per heavy atom. The lowest BCUT2D eigenvalue weighted by Gasteiger charge is -2.16. The van der Waals surface area contributed by atoms with Gasteiger partial charge in [0.15, 0.2) is 0 Å². The fraction of sp³-hybridized carbons (Fsp3) is 0.429. The van der Waals surface area contributed by atoms with Crippen LogP contribution in [0.1, 0.15) is 33.7 Å². The highest BCUT2D eigenvalue weighted by molar-refractivity contribution is 7.13. The summed E-state index contributed by atoms with van der Waals surface area (Å²) in [6, 6.07) is 1.60. The fourth-order valence-corrected chi connectivity index (χ4v) is 2.62. The van der Waals surface area contributed by atoms with Crippen molar-refractivity contribution in [2.75, 3.05) is 11.9 Å². The van der Waals surface area contributed by atoms with Crippen LogP contribution in [-0.2, 0) is 12.6 Å². The number of carbonyl (C=O) groups excluding carboxylic acids is 1. The topological polar surface area (TPSA) is 59.0 Å². The average Bonchev–Trinajstić information content (AvgIpc) is 2.99. The highest BCUT2D eigenvalue weighted by Gasteiger charge is 2.31. The van der Waals surface area contributed by atoms with E-state index in [0.717, 1.165) is 34.6 Å². The number of hydrogen-bond acceptors (Lipinski definition) is 5. The normalized spacial score (nSPS) is 12.9. The molecule has 10 heteroatoms. The van der Waals surface area contributed by atoms with E-state index in [2.05, 4.69) is 15.2 Å². The van der Waals surface area contributed by atoms with Crippen LogP contribution >= 0.6 is 11.3 Å². The van der Waals surface area contributed by atoms with E-state index < -0.39 is 23.8 Å². The minimum Gasteiger partial charge on any atom is -0.294 e. The van der Waals surface area contributed by atoms with Crippen LogP contribution in [-0.4, -0.2) is 34.3 Å². The minimum atomic E-state index is -4.53. The Balaban J connectivity index is 2.15. The van der Waals surface area contributed by atoms with Crippen LogP contribution in [0.15, 0.2) is 18.3 Å². The summed E-state index contributed by atoms with van der Waals surface area (Å²) in [5.74, 6) is -0.775. The Bertz CT molecular complexity index is 717. The molecule has 2 aromatic rings. The molecular weight excluding hydrogens is 348 g/mol. The number of carbonyl (C=O) groups is 1. The van der Waals surface area contributed by atoms with Crippen molar-refractivity contribution in [1.29, 1.82) is 0 Å². The van der Waals surface area contributed by atoms with Crippen LogP contribution in [0, 0.1) is 0 Å². The van der Waals surface area contributed by atoms with Crippen LogP contribution in [0.2, 0.25) is 0 Å². The molecule has 0 N–H and O–H groups in total. The summed E-state index contributed by atoms with van der Waals surface area (Å²) in [6.07, 6.45) is -3.94. The lowest BCUT2D eigenvalue weighted by molar-refractivity contribution is -0.137. The largest absolute Gasteiger partial charge is 0.416 e. The van der Waals surface area contributed by atoms with Gasteiger partial charge >= 0.3 is 6.18 Å². The molecule has 2 aromatic heterocycles. The molecule has 1 unspecified atom stereocenters. The predicted molar refractivity (Wildman–Crippen MR) is 80.8 cm³/mol. The summed E-state index contributed by atoms with van der Waals surface area (Å²) in [7, 11) is 1.30. The first-order chi connectivity index (χ1) is 11.2. The molecule has 0 aliphatic rings. The number of rotatable bonds is 5. The van der Waals surface area contributed by atoms with Crippen LogP contribution < -0.4 is 4.90 Å². The molecule has 0 aliphatic heterocycles. The van der Waals surface area contributed by atoms with Crippen LogP contribution in [0.4, 0.5) is 23.4 Å². The summed E-state index contributed by atoms with van der Waals surface area (Å²) in [4.78, 5) is 17.0. The van der Waals surface area contributed by atoms with Crippen molar-refractivity contribution in [1.82, 2.24) is 15.2 Å². The van der Waals surface area contributed by atoms with Crippen molar-refractivity contribution in [2.24, 2.45) is 0 Å². The van der Waals surface area contributed by atoms with Crippen molar-refractivity contribution in [3.63, 3.8) is 0 Å². The Hall–Kier alpha value is -2.10. The number of nitrogens with zero attached hydrogens (tertiary/aromatic N) is 4. The summed E-state index contributed by atoms with van der Waals surface area (Å²) < 4.78 is 51.0. The highest BCUT2D eigenvalue weighted by Crippen LogP contribution is 2.30. The lowest BCUT2D eigenvalue weighted by Crippen LogP contribution is -2.27. The number of halogens is 4. The Morgan fingerprint density at radius 1 is 1.38 bits per heavy atom. The van der Waals surface area contributed by atoms with E-state index in [4.69, 9.17) is 0 Å². The molecule has 0 fully saturated rings. The zero-order valence-electron chi connectivity index (χ0n) is 12.8. The molecule has 0 saturated heterocycles. The molecule has 0 aliphatic carbocycles. The maximum atomic E-state index is 12.8. The molecule has 0 bridgehead atoms. The molecule has 2 rings (SSSR count). The van der Waals surface area contributed by atoms with E-state index in [9.17, 15) is 22.4 Å². The van der Waals surface area contributed by atoms with Crippen molar-refractivity contribution in [3.8, 4) is 0 Å². The van der Waals surface area contributed by atoms with E-state index in [-0.39, 0.29) is 17.2 Å². The highest BCUT2D eigenvalue weighted by atomic mass is 32.1. The molecule has 0 aromatic carbocycles. The van der Waals surface area contributed by atoms with Gasteiger partial charge in [-0.2, -0.15) is 13.2 Å². The van der Waals surface area contributed by atoms with Crippen LogP contribution in [0.5, 0.6) is 0 Å². The molecular formula is C14H14F4N4OS. The second-order valence-electron chi connectivity index (χ2n) is 5.09. The third kappa shape index (κ3) is 4.47. The third-order valence-corrected chi connectivity index (χ3v) is 4.10. The average molecular weight is 362 g/mol. The quantitative estimate of drug-likeness (QED) is 0.764. The Kier molecular flexibility index (Phi) is 5.47. The molecule has 0 radical (unpaired) electrons. The number of anilines is 1. The number of aromatic nitrogens is 3. The first-order valence-electron chi connectivity index (χ1n) is 6.96. The maximum absolute atomic E-state index is 12.8. The smallest absolute Gasteiger partial charge is 0.294 e. The maximum Gasteiger partial charge on any atom is 0.416 e. The van der Waals surface area contributed by atoms with Crippen molar-refractivity contribution >= 4 is 23.1 Å². The van der Waals surface area contributed by atoms with Gasteiger partial charge in [0.1, 0.15) is 10.8 Å². The van der Waals surface area contributed by atoms with Gasteiger partial charge in [-0.05, 0) is 25.5 Å². The number of pyridine rings is 1. The van der Waals surface area contributed by atoms with Crippen molar-refractivity contribution in [2.45, 2.75) is 32.1 Å². The van der Waals surface area contributed by atoms with Gasteiger partial charge in [0.2, 0.25) is 5.01 Å². The lowest BCUT2D eigenvalue weighted by atomic mass is 10.2. The summed E-state index contributed by atoms with van der Waals surface area (Å²) in [6.45, 7) is 1.42. The van der Waals surface area contributed by atoms with Gasteiger partial charge in [-0.15, -0.1) is 10.2 Å². The standard InChI is InChI=1S/C14H14F4N4OS/c1-8(15)3-4-11-20-21-12(24-11)13(23)22(2)10-7-9(5-6-19-10)14(16,17)18/h5-8H,3-4H2,1-2H3. The number of aryl methyl sites for hydroxylation is 1. The van der Waals surface area contributed by atoms with Gasteiger partial charge in [-0.1, -0.05) is 11.3 Å². The van der Waals surface area contributed by atoms with E-state index in [0.29, 0.717) is 11.4 Å². The van der Waals surface area contributed by atoms with Gasteiger partial charge < -0.3 is 0 Å². The van der Waals surface area contributed by atoms with E-state index in [1.54, 1.807) is 0 Å². The molecule has 0 saturated carbocycles. The monoisotopic (exact) mass is 362 g/mol. The summed E-state index contributed by atoms with van der Waals surface area (Å²) >= 11 is 0.986. The van der Waals surface area contributed by atoms with Gasteiger partial charge in [0, 0.05) is 19.7 Å². The zero-order chi connectivity index (χ0) is 17.9. The second-order valence-corrected chi connectivity index (χ2v) is 6.15. The minimum absolute atomic E-state index is 0.0122. The number of alkyl halides is 4. The fourth-order valence-electron chi connectivity index (χ4n) is 1.79. The predicted octanol–water partition coefficient (Wildman–Crippen LogP) is 3.52. The number of amides is 1. The van der Waals surface area contributed by atoms with Gasteiger partial charge in [-0.3, -0.25) is 9.69 Å². The van der Waals surface area contributed by atoms with Crippen LogP contribution in [0.25, 0.3) is 0 Å². The molecule has 1 atom stereocenters. The molecule has 1 amide bonds. The zero-order valence-corrected chi connectivity index (χ0v) is 13.7. The first kappa shape index (κ1) is 18.2. The van der Waals surface area contributed by atoms with E-state index in [1.165, 1.54) is 14.0 Å². The third-order valence-electron chi connectivity index (χ3n) is 3.13. The van der Waals surface area contributed by atoms with Gasteiger partial charge in [0.05, 0.1) is 11.7 Å². The number of hydrogen-bond donors (Lipinski definition) is 0. The van der Waals surface area contributed by atoms with E-state index in [1.807, 2.05) is 0 Å². The first-order valence-corrected chi connectivity index (χ1v) is 7.78. The Labute approximate surface area is 139 Å². The second kappa shape index (κ2) is 7.20. The molecule has 24 heavy (non-hydrogen) atoms. The van der Waals surface area contributed by atoms with Crippen LogP contribution in [0.3, 0.4) is 0 Å². The molecule has 2 heterocycles. The Morgan fingerprint density at radius 2 is 2.08 bits per heavy atom. The summed E-state index contributed by atoms with van der Waals surface area (Å²) in [5, 5.41) is 8.02. The molecule has 5 nitrogen and oxygen atoms in total. The van der Waals surface area contributed by atoms with Crippen molar-refractivity contribution < 1.29 is 22.4 Å².